The van der Waals surface area contributed by atoms with Gasteiger partial charge in [0.05, 0.1) is 20.3 Å². The fraction of sp³-hybridized carbons (Fsp3) is 0.321. The van der Waals surface area contributed by atoms with Crippen molar-refractivity contribution in [2.75, 3.05) is 20.8 Å². The van der Waals surface area contributed by atoms with Crippen LogP contribution in [0.1, 0.15) is 46.4 Å². The van der Waals surface area contributed by atoms with Crippen molar-refractivity contribution in [1.82, 2.24) is 10.2 Å². The van der Waals surface area contributed by atoms with Crippen LogP contribution in [0.2, 0.25) is 5.02 Å². The van der Waals surface area contributed by atoms with Gasteiger partial charge in [0.15, 0.2) is 11.5 Å². The van der Waals surface area contributed by atoms with Crippen molar-refractivity contribution in [1.29, 1.82) is 0 Å². The Morgan fingerprint density at radius 3 is 2.46 bits per heavy atom. The lowest BCUT2D eigenvalue weighted by molar-refractivity contribution is 0.0857. The Balaban J connectivity index is 1.73. The average molecular weight is 497 g/mol. The fourth-order valence-electron chi connectivity index (χ4n) is 4.78. The van der Waals surface area contributed by atoms with E-state index in [-0.39, 0.29) is 23.8 Å². The molecule has 0 fully saturated rings. The summed E-state index contributed by atoms with van der Waals surface area (Å²) in [7, 11) is 3.23. The number of ether oxygens (including phenoxy) is 2. The first-order valence-corrected chi connectivity index (χ1v) is 12.1. The first-order chi connectivity index (χ1) is 16.9. The largest absolute Gasteiger partial charge is 0.493 e. The Bertz CT molecular complexity index is 1190. The van der Waals surface area contributed by atoms with E-state index < -0.39 is 0 Å². The minimum Gasteiger partial charge on any atom is -0.493 e. The van der Waals surface area contributed by atoms with Crippen molar-refractivity contribution < 1.29 is 18.7 Å². The molecular weight excluding hydrogens is 467 g/mol. The van der Waals surface area contributed by atoms with Crippen LogP contribution >= 0.6 is 11.6 Å². The summed E-state index contributed by atoms with van der Waals surface area (Å²) >= 11 is 6.00. The lowest BCUT2D eigenvalue weighted by Crippen LogP contribution is -2.48. The minimum absolute atomic E-state index is 0.174. The van der Waals surface area contributed by atoms with Gasteiger partial charge in [-0.2, -0.15) is 0 Å². The van der Waals surface area contributed by atoms with Gasteiger partial charge in [0.25, 0.3) is 5.91 Å². The van der Waals surface area contributed by atoms with E-state index in [9.17, 15) is 9.18 Å². The molecule has 1 amide bonds. The van der Waals surface area contributed by atoms with Crippen molar-refractivity contribution in [2.24, 2.45) is 0 Å². The van der Waals surface area contributed by atoms with Gasteiger partial charge in [-0.25, -0.2) is 4.39 Å². The molecular formula is C28H30ClFN2O3. The van der Waals surface area contributed by atoms with Gasteiger partial charge in [0.2, 0.25) is 0 Å². The van der Waals surface area contributed by atoms with E-state index in [4.69, 9.17) is 21.1 Å². The number of nitrogens with zero attached hydrogens (tertiary/aromatic N) is 1. The van der Waals surface area contributed by atoms with Crippen molar-refractivity contribution in [2.45, 2.75) is 38.4 Å². The maximum atomic E-state index is 14.6. The summed E-state index contributed by atoms with van der Waals surface area (Å²) in [6, 6.07) is 17.3. The molecule has 3 aromatic carbocycles. The molecule has 3 aromatic rings. The molecule has 7 heteroatoms. The van der Waals surface area contributed by atoms with E-state index >= 15 is 0 Å². The summed E-state index contributed by atoms with van der Waals surface area (Å²) in [5.74, 6) is 0.892. The number of rotatable bonds is 8. The van der Waals surface area contributed by atoms with Crippen LogP contribution in [0.5, 0.6) is 11.5 Å². The Labute approximate surface area is 210 Å². The average Bonchev–Trinajstić information content (AvgIpc) is 2.88. The van der Waals surface area contributed by atoms with Gasteiger partial charge in [0, 0.05) is 35.3 Å². The maximum Gasteiger partial charge on any atom is 0.251 e. The van der Waals surface area contributed by atoms with Crippen molar-refractivity contribution in [3.05, 3.63) is 93.8 Å². The molecule has 0 aliphatic carbocycles. The van der Waals surface area contributed by atoms with Gasteiger partial charge in [-0.05, 0) is 66.4 Å². The number of amides is 1. The zero-order chi connectivity index (χ0) is 24.9. The van der Waals surface area contributed by atoms with Crippen LogP contribution in [-0.2, 0) is 13.0 Å². The third-order valence-electron chi connectivity index (χ3n) is 6.60. The highest BCUT2D eigenvalue weighted by atomic mass is 35.5. The van der Waals surface area contributed by atoms with Gasteiger partial charge in [-0.15, -0.1) is 0 Å². The van der Waals surface area contributed by atoms with Gasteiger partial charge in [0.1, 0.15) is 5.82 Å². The smallest absolute Gasteiger partial charge is 0.251 e. The van der Waals surface area contributed by atoms with Crippen LogP contribution in [0.15, 0.2) is 60.7 Å². The topological polar surface area (TPSA) is 50.8 Å². The molecule has 5 nitrogen and oxygen atoms in total. The van der Waals surface area contributed by atoms with Crippen molar-refractivity contribution in [3.8, 4) is 11.5 Å². The predicted molar refractivity (Wildman–Crippen MR) is 136 cm³/mol. The van der Waals surface area contributed by atoms with Gasteiger partial charge in [-0.3, -0.25) is 9.69 Å². The summed E-state index contributed by atoms with van der Waals surface area (Å²) in [4.78, 5) is 15.4. The molecule has 1 N–H and O–H groups in total. The number of carbonyl (C=O) groups excluding carboxylic acids is 1. The lowest BCUT2D eigenvalue weighted by Gasteiger charge is -2.42. The molecule has 1 aliphatic rings. The highest BCUT2D eigenvalue weighted by Gasteiger charge is 2.35. The van der Waals surface area contributed by atoms with Crippen LogP contribution in [-0.4, -0.2) is 37.6 Å². The predicted octanol–water partition coefficient (Wildman–Crippen LogP) is 5.80. The third kappa shape index (κ3) is 5.44. The monoisotopic (exact) mass is 496 g/mol. The number of benzene rings is 3. The zero-order valence-electron chi connectivity index (χ0n) is 20.2. The molecule has 4 rings (SSSR count). The van der Waals surface area contributed by atoms with Crippen LogP contribution in [0, 0.1) is 5.82 Å². The molecule has 1 aliphatic heterocycles. The second kappa shape index (κ2) is 11.1. The summed E-state index contributed by atoms with van der Waals surface area (Å²) in [6.07, 6.45) is 1.47. The summed E-state index contributed by atoms with van der Waals surface area (Å²) in [5.41, 5.74) is 3.35. The van der Waals surface area contributed by atoms with Crippen LogP contribution in [0.3, 0.4) is 0 Å². The highest BCUT2D eigenvalue weighted by molar-refractivity contribution is 6.30. The second-order valence-electron chi connectivity index (χ2n) is 8.66. The number of fused-ring (bicyclic) bond motifs is 1. The number of nitrogens with one attached hydrogen (secondary N) is 1. The second-order valence-corrected chi connectivity index (χ2v) is 9.09. The number of halogens is 2. The van der Waals surface area contributed by atoms with Gasteiger partial charge in [-0.1, -0.05) is 36.7 Å². The van der Waals surface area contributed by atoms with Crippen molar-refractivity contribution >= 4 is 17.5 Å². The molecule has 0 spiro atoms. The zero-order valence-corrected chi connectivity index (χ0v) is 20.9. The molecule has 2 atom stereocenters. The molecule has 0 bridgehead atoms. The molecule has 0 radical (unpaired) electrons. The van der Waals surface area contributed by atoms with Gasteiger partial charge < -0.3 is 14.8 Å². The molecule has 1 heterocycles. The standard InChI is InChI=1S/C28H30ClFN2O3/c1-4-24(31-28(33)18-9-11-21(29)12-10-18)27-22-16-26(35-3)25(34-2)15-19(22)13-14-32(27)17-20-7-5-6-8-23(20)30/h5-12,15-16,24,27H,4,13-14,17H2,1-3H3,(H,31,33). The summed E-state index contributed by atoms with van der Waals surface area (Å²) in [5, 5.41) is 3.80. The molecule has 0 aromatic heterocycles. The maximum absolute atomic E-state index is 14.6. The van der Waals surface area contributed by atoms with E-state index in [0.29, 0.717) is 40.6 Å². The van der Waals surface area contributed by atoms with E-state index in [1.165, 1.54) is 6.07 Å². The quantitative estimate of drug-likeness (QED) is 0.428. The normalized spacial score (nSPS) is 16.3. The van der Waals surface area contributed by atoms with Crippen LogP contribution < -0.4 is 14.8 Å². The molecule has 0 saturated carbocycles. The number of hydrogen-bond donors (Lipinski definition) is 1. The molecule has 184 valence electrons. The molecule has 0 saturated heterocycles. The van der Waals surface area contributed by atoms with Crippen LogP contribution in [0.4, 0.5) is 4.39 Å². The van der Waals surface area contributed by atoms with Crippen molar-refractivity contribution in [3.63, 3.8) is 0 Å². The van der Waals surface area contributed by atoms with E-state index in [1.807, 2.05) is 31.2 Å². The third-order valence-corrected chi connectivity index (χ3v) is 6.85. The number of carbonyl (C=O) groups is 1. The van der Waals surface area contributed by atoms with Crippen LogP contribution in [0.25, 0.3) is 0 Å². The summed E-state index contributed by atoms with van der Waals surface area (Å²) < 4.78 is 25.7. The number of hydrogen-bond acceptors (Lipinski definition) is 4. The summed E-state index contributed by atoms with van der Waals surface area (Å²) in [6.45, 7) is 3.19. The Morgan fingerprint density at radius 1 is 1.11 bits per heavy atom. The van der Waals surface area contributed by atoms with Gasteiger partial charge >= 0.3 is 0 Å². The molecule has 35 heavy (non-hydrogen) atoms. The highest BCUT2D eigenvalue weighted by Crippen LogP contribution is 2.40. The van der Waals surface area contributed by atoms with E-state index in [2.05, 4.69) is 10.2 Å². The first-order valence-electron chi connectivity index (χ1n) is 11.7. The molecule has 2 unspecified atom stereocenters. The lowest BCUT2D eigenvalue weighted by atomic mass is 9.86. The SMILES string of the molecule is CCC(NC(=O)c1ccc(Cl)cc1)C1c2cc(OC)c(OC)cc2CCN1Cc1ccccc1F. The Hall–Kier alpha value is -3.09. The van der Waals surface area contributed by atoms with E-state index in [0.717, 1.165) is 24.1 Å². The first kappa shape index (κ1) is 25.0. The Kier molecular flexibility index (Phi) is 7.93. The Morgan fingerprint density at radius 2 is 1.80 bits per heavy atom. The fourth-order valence-corrected chi connectivity index (χ4v) is 4.91. The van der Waals surface area contributed by atoms with E-state index in [1.54, 1.807) is 44.6 Å². The minimum atomic E-state index is -0.234. The number of methoxy groups -OCH3 is 2.